The second-order valence-electron chi connectivity index (χ2n) is 7.19. The number of aromatic carboxylic acids is 1. The fraction of sp³-hybridized carbons (Fsp3) is 0.217. The topological polar surface area (TPSA) is 83.4 Å². The molecule has 1 aliphatic rings. The second kappa shape index (κ2) is 7.47. The van der Waals surface area contributed by atoms with Crippen molar-refractivity contribution in [2.75, 3.05) is 4.90 Å². The molecule has 0 unspecified atom stereocenters. The van der Waals surface area contributed by atoms with Crippen LogP contribution in [0.25, 0.3) is 11.1 Å². The molecule has 1 amide bonds. The zero-order valence-electron chi connectivity index (χ0n) is 16.3. The highest BCUT2D eigenvalue weighted by atomic mass is 16.4. The molecule has 0 bridgehead atoms. The molecule has 6 heteroatoms. The van der Waals surface area contributed by atoms with E-state index in [4.69, 9.17) is 0 Å². The molecule has 4 rings (SSSR count). The fourth-order valence-corrected chi connectivity index (χ4v) is 3.80. The monoisotopic (exact) mass is 387 g/mol. The summed E-state index contributed by atoms with van der Waals surface area (Å²) in [4.78, 5) is 35.1. The average molecular weight is 387 g/mol. The van der Waals surface area contributed by atoms with Crippen LogP contribution in [0.15, 0.2) is 48.5 Å². The number of nitrogens with zero attached hydrogens (tertiary/aromatic N) is 3. The molecule has 2 aromatic carbocycles. The Labute approximate surface area is 168 Å². The van der Waals surface area contributed by atoms with Gasteiger partial charge in [0, 0.05) is 17.7 Å². The molecule has 6 nitrogen and oxygen atoms in total. The number of hydrogen-bond donors (Lipinski definition) is 1. The lowest BCUT2D eigenvalue weighted by Crippen LogP contribution is -2.36. The average Bonchev–Trinajstić information content (AvgIpc) is 2.70. The number of amides is 1. The fourth-order valence-electron chi connectivity index (χ4n) is 3.80. The van der Waals surface area contributed by atoms with Crippen LogP contribution in [-0.2, 0) is 17.8 Å². The number of aryl methyl sites for hydroxylation is 2. The van der Waals surface area contributed by atoms with Gasteiger partial charge in [-0.2, -0.15) is 0 Å². The summed E-state index contributed by atoms with van der Waals surface area (Å²) in [6.07, 6.45) is 1.03. The van der Waals surface area contributed by atoms with Crippen LogP contribution in [0.3, 0.4) is 0 Å². The number of carbonyl (C=O) groups excluding carboxylic acids is 1. The minimum absolute atomic E-state index is 0.0148. The van der Waals surface area contributed by atoms with E-state index >= 15 is 0 Å². The third-order valence-corrected chi connectivity index (χ3v) is 5.19. The minimum Gasteiger partial charge on any atom is -0.478 e. The molecule has 0 aliphatic carbocycles. The van der Waals surface area contributed by atoms with Crippen LogP contribution in [0, 0.1) is 13.8 Å². The maximum absolute atomic E-state index is 12.6. The van der Waals surface area contributed by atoms with E-state index in [1.165, 1.54) is 0 Å². The van der Waals surface area contributed by atoms with Crippen LogP contribution in [0.5, 0.6) is 0 Å². The van der Waals surface area contributed by atoms with E-state index < -0.39 is 5.97 Å². The minimum atomic E-state index is -0.995. The van der Waals surface area contributed by atoms with Gasteiger partial charge in [-0.3, -0.25) is 9.69 Å². The quantitative estimate of drug-likeness (QED) is 0.733. The lowest BCUT2D eigenvalue weighted by atomic mass is 9.96. The van der Waals surface area contributed by atoms with Gasteiger partial charge in [-0.1, -0.05) is 42.5 Å². The Kier molecular flexibility index (Phi) is 4.84. The zero-order chi connectivity index (χ0) is 20.5. The van der Waals surface area contributed by atoms with Crippen molar-refractivity contribution >= 4 is 17.7 Å². The summed E-state index contributed by atoms with van der Waals surface area (Å²) in [7, 11) is 0. The maximum Gasteiger partial charge on any atom is 0.336 e. The normalized spacial score (nSPS) is 13.3. The van der Waals surface area contributed by atoms with Crippen LogP contribution in [0.1, 0.15) is 39.4 Å². The number of carboxylic acids is 1. The summed E-state index contributed by atoms with van der Waals surface area (Å²) in [5.41, 5.74) is 4.33. The van der Waals surface area contributed by atoms with Gasteiger partial charge in [0.25, 0.3) is 0 Å². The number of anilines is 1. The molecule has 1 aliphatic heterocycles. The SMILES string of the molecule is Cc1nc(C)c2c(n1)N(Cc1ccc(-c3ccccc3)c(C(=O)O)c1)C(=O)CC2. The first-order valence-corrected chi connectivity index (χ1v) is 9.50. The van der Waals surface area contributed by atoms with E-state index in [0.717, 1.165) is 22.4 Å². The van der Waals surface area contributed by atoms with Crippen LogP contribution in [0.2, 0.25) is 0 Å². The number of fused-ring (bicyclic) bond motifs is 1. The summed E-state index contributed by atoms with van der Waals surface area (Å²) in [5, 5.41) is 9.74. The van der Waals surface area contributed by atoms with Crippen molar-refractivity contribution in [2.45, 2.75) is 33.2 Å². The van der Waals surface area contributed by atoms with Crippen LogP contribution >= 0.6 is 0 Å². The Hall–Kier alpha value is -3.54. The predicted molar refractivity (Wildman–Crippen MR) is 110 cm³/mol. The van der Waals surface area contributed by atoms with Crippen molar-refractivity contribution in [3.05, 3.63) is 76.7 Å². The van der Waals surface area contributed by atoms with Crippen molar-refractivity contribution in [3.8, 4) is 11.1 Å². The van der Waals surface area contributed by atoms with E-state index in [1.54, 1.807) is 17.0 Å². The van der Waals surface area contributed by atoms with Gasteiger partial charge >= 0.3 is 5.97 Å². The first-order valence-electron chi connectivity index (χ1n) is 9.50. The largest absolute Gasteiger partial charge is 0.478 e. The summed E-state index contributed by atoms with van der Waals surface area (Å²) in [6, 6.07) is 14.7. The molecular weight excluding hydrogens is 366 g/mol. The van der Waals surface area contributed by atoms with Crippen molar-refractivity contribution in [1.82, 2.24) is 9.97 Å². The molecule has 0 saturated carbocycles. The number of carboxylic acid groups (broad SMARTS) is 1. The van der Waals surface area contributed by atoms with Crippen molar-refractivity contribution < 1.29 is 14.7 Å². The van der Waals surface area contributed by atoms with Crippen molar-refractivity contribution in [3.63, 3.8) is 0 Å². The third-order valence-electron chi connectivity index (χ3n) is 5.19. The van der Waals surface area contributed by atoms with Crippen molar-refractivity contribution in [1.29, 1.82) is 0 Å². The molecule has 0 saturated heterocycles. The molecule has 0 fully saturated rings. The molecule has 1 aromatic heterocycles. The van der Waals surface area contributed by atoms with Gasteiger partial charge in [-0.05, 0) is 43.0 Å². The predicted octanol–water partition coefficient (Wildman–Crippen LogP) is 3.94. The number of hydrogen-bond acceptors (Lipinski definition) is 4. The lowest BCUT2D eigenvalue weighted by molar-refractivity contribution is -0.119. The number of aromatic nitrogens is 2. The highest BCUT2D eigenvalue weighted by Crippen LogP contribution is 2.30. The second-order valence-corrected chi connectivity index (χ2v) is 7.19. The molecule has 0 atom stereocenters. The molecule has 3 aromatic rings. The van der Waals surface area contributed by atoms with Gasteiger partial charge in [0.2, 0.25) is 5.91 Å². The van der Waals surface area contributed by atoms with Crippen LogP contribution in [0.4, 0.5) is 5.82 Å². The van der Waals surface area contributed by atoms with Gasteiger partial charge < -0.3 is 5.11 Å². The number of rotatable bonds is 4. The van der Waals surface area contributed by atoms with E-state index in [2.05, 4.69) is 9.97 Å². The van der Waals surface area contributed by atoms with Gasteiger partial charge in [0.1, 0.15) is 11.6 Å². The highest BCUT2D eigenvalue weighted by molar-refractivity contribution is 5.97. The Bertz CT molecular complexity index is 1110. The molecule has 1 N–H and O–H groups in total. The molecule has 29 heavy (non-hydrogen) atoms. The smallest absolute Gasteiger partial charge is 0.336 e. The van der Waals surface area contributed by atoms with Crippen LogP contribution in [-0.4, -0.2) is 27.0 Å². The summed E-state index contributed by atoms with van der Waals surface area (Å²) >= 11 is 0. The van der Waals surface area contributed by atoms with Gasteiger partial charge in [0.05, 0.1) is 12.1 Å². The number of benzene rings is 2. The first-order chi connectivity index (χ1) is 13.9. The molecule has 0 radical (unpaired) electrons. The standard InChI is InChI=1S/C23H21N3O3/c1-14-18-10-11-21(27)26(22(18)25-15(2)24-14)13-16-8-9-19(20(12-16)23(28)29)17-6-4-3-5-7-17/h3-9,12H,10-11,13H2,1-2H3,(H,28,29). The summed E-state index contributed by atoms with van der Waals surface area (Å²) in [6.45, 7) is 4.01. The summed E-state index contributed by atoms with van der Waals surface area (Å²) in [5.74, 6) is 0.242. The Morgan fingerprint density at radius 1 is 1.07 bits per heavy atom. The lowest BCUT2D eigenvalue weighted by Gasteiger charge is -2.29. The first kappa shape index (κ1) is 18.8. The maximum atomic E-state index is 12.6. The zero-order valence-corrected chi connectivity index (χ0v) is 16.3. The van der Waals surface area contributed by atoms with Gasteiger partial charge in [-0.15, -0.1) is 0 Å². The highest BCUT2D eigenvalue weighted by Gasteiger charge is 2.28. The van der Waals surface area contributed by atoms with Gasteiger partial charge in [-0.25, -0.2) is 14.8 Å². The van der Waals surface area contributed by atoms with Gasteiger partial charge in [0.15, 0.2) is 0 Å². The van der Waals surface area contributed by atoms with E-state index in [1.807, 2.05) is 50.2 Å². The van der Waals surface area contributed by atoms with E-state index in [-0.39, 0.29) is 18.0 Å². The van der Waals surface area contributed by atoms with Crippen LogP contribution < -0.4 is 4.90 Å². The van der Waals surface area contributed by atoms with Crippen molar-refractivity contribution in [2.24, 2.45) is 0 Å². The molecule has 0 spiro atoms. The molecule has 2 heterocycles. The third kappa shape index (κ3) is 3.61. The Balaban J connectivity index is 1.73. The Morgan fingerprint density at radius 3 is 2.55 bits per heavy atom. The molecule has 146 valence electrons. The van der Waals surface area contributed by atoms with E-state index in [0.29, 0.717) is 30.0 Å². The van der Waals surface area contributed by atoms with E-state index in [9.17, 15) is 14.7 Å². The molecular formula is C23H21N3O3. The summed E-state index contributed by atoms with van der Waals surface area (Å²) < 4.78 is 0. The Morgan fingerprint density at radius 2 is 1.83 bits per heavy atom. The number of carbonyl (C=O) groups is 2.